The Morgan fingerprint density at radius 1 is 1.02 bits per heavy atom. The third kappa shape index (κ3) is 5.39. The number of carbonyl (C=O) groups is 2. The summed E-state index contributed by atoms with van der Waals surface area (Å²) in [5.74, 6) is -2.30. The largest absolute Gasteiger partial charge is 0.507 e. The van der Waals surface area contributed by atoms with Crippen molar-refractivity contribution in [2.75, 3.05) is 12.0 Å². The van der Waals surface area contributed by atoms with E-state index >= 15 is 0 Å². The number of nitrogens with zero attached hydrogens (tertiary/aromatic N) is 3. The minimum Gasteiger partial charge on any atom is -0.507 e. The fourth-order valence-electron chi connectivity index (χ4n) is 5.17. The molecule has 0 aliphatic carbocycles. The Bertz CT molecular complexity index is 1880. The Balaban J connectivity index is 1.38. The number of hydrogen-bond donors (Lipinski definition) is 1. The van der Waals surface area contributed by atoms with Gasteiger partial charge in [0.1, 0.15) is 5.76 Å². The predicted molar refractivity (Wildman–Crippen MR) is 167 cm³/mol. The second-order valence-electron chi connectivity index (χ2n) is 9.89. The van der Waals surface area contributed by atoms with Crippen LogP contribution in [0, 0.1) is 5.82 Å². The highest BCUT2D eigenvalue weighted by Crippen LogP contribution is 2.44. The summed E-state index contributed by atoms with van der Waals surface area (Å²) in [6.45, 7) is 2.03. The number of aliphatic hydroxyl groups is 1. The molecule has 0 radical (unpaired) electrons. The van der Waals surface area contributed by atoms with Gasteiger partial charge in [0.05, 0.1) is 18.7 Å². The molecule has 43 heavy (non-hydrogen) atoms. The lowest BCUT2D eigenvalue weighted by molar-refractivity contribution is -0.132. The summed E-state index contributed by atoms with van der Waals surface area (Å²) in [6, 6.07) is 24.6. The molecule has 1 fully saturated rings. The van der Waals surface area contributed by atoms with Crippen LogP contribution in [0.2, 0.25) is 0 Å². The number of halogens is 1. The third-order valence-electron chi connectivity index (χ3n) is 7.41. The summed E-state index contributed by atoms with van der Waals surface area (Å²) in [7, 11) is 1.33. The van der Waals surface area contributed by atoms with Crippen molar-refractivity contribution in [3.63, 3.8) is 0 Å². The zero-order valence-corrected chi connectivity index (χ0v) is 24.9. The van der Waals surface area contributed by atoms with Crippen LogP contribution in [0.5, 0.6) is 5.75 Å². The summed E-state index contributed by atoms with van der Waals surface area (Å²) in [4.78, 5) is 28.3. The van der Waals surface area contributed by atoms with Gasteiger partial charge in [0.2, 0.25) is 5.13 Å². The normalized spacial score (nSPS) is 16.3. The van der Waals surface area contributed by atoms with Gasteiger partial charge in [-0.25, -0.2) is 4.39 Å². The van der Waals surface area contributed by atoms with Crippen LogP contribution in [0.3, 0.4) is 0 Å². The molecule has 7 nitrogen and oxygen atoms in total. The van der Waals surface area contributed by atoms with Gasteiger partial charge >= 0.3 is 5.91 Å². The number of anilines is 1. The predicted octanol–water partition coefficient (Wildman–Crippen LogP) is 7.32. The first-order valence-corrected chi connectivity index (χ1v) is 15.4. The van der Waals surface area contributed by atoms with Gasteiger partial charge in [-0.3, -0.25) is 14.5 Å². The number of benzene rings is 4. The molecule has 2 heterocycles. The van der Waals surface area contributed by atoms with Gasteiger partial charge in [-0.2, -0.15) is 0 Å². The van der Waals surface area contributed by atoms with Crippen molar-refractivity contribution in [2.24, 2.45) is 0 Å². The second-order valence-corrected chi connectivity index (χ2v) is 12.1. The number of carbonyl (C=O) groups excluding carboxylic acids is 2. The van der Waals surface area contributed by atoms with Crippen molar-refractivity contribution in [2.45, 2.75) is 29.5 Å². The zero-order valence-electron chi connectivity index (χ0n) is 23.3. The highest BCUT2D eigenvalue weighted by atomic mass is 32.2. The number of hydrogen-bond acceptors (Lipinski definition) is 8. The minimum absolute atomic E-state index is 0.00825. The lowest BCUT2D eigenvalue weighted by Gasteiger charge is -2.22. The average Bonchev–Trinajstić information content (AvgIpc) is 3.61. The molecular weight excluding hydrogens is 586 g/mol. The van der Waals surface area contributed by atoms with Gasteiger partial charge in [-0.1, -0.05) is 96.8 Å². The Hall–Kier alpha value is -4.54. The lowest BCUT2D eigenvalue weighted by atomic mass is 9.94. The van der Waals surface area contributed by atoms with E-state index in [4.69, 9.17) is 4.74 Å². The molecule has 1 amide bonds. The van der Waals surface area contributed by atoms with Crippen molar-refractivity contribution >= 4 is 56.5 Å². The molecule has 0 bridgehead atoms. The molecule has 216 valence electrons. The van der Waals surface area contributed by atoms with Crippen molar-refractivity contribution in [1.29, 1.82) is 0 Å². The number of methoxy groups -OCH3 is 1. The van der Waals surface area contributed by atoms with E-state index in [0.717, 1.165) is 34.4 Å². The van der Waals surface area contributed by atoms with Crippen LogP contribution in [0.4, 0.5) is 9.52 Å². The lowest BCUT2D eigenvalue weighted by Crippen LogP contribution is -2.29. The zero-order chi connectivity index (χ0) is 30.1. The molecule has 1 atom stereocenters. The van der Waals surface area contributed by atoms with Gasteiger partial charge in [-0.05, 0) is 52.1 Å². The van der Waals surface area contributed by atoms with E-state index in [1.807, 2.05) is 49.4 Å². The van der Waals surface area contributed by atoms with Crippen molar-refractivity contribution in [3.05, 3.63) is 119 Å². The molecule has 4 aromatic carbocycles. The number of ether oxygens (including phenoxy) is 1. The topological polar surface area (TPSA) is 92.6 Å². The molecule has 1 aliphatic rings. The number of thioether (sulfide) groups is 1. The van der Waals surface area contributed by atoms with Crippen LogP contribution in [0.25, 0.3) is 16.5 Å². The van der Waals surface area contributed by atoms with Gasteiger partial charge in [0.15, 0.2) is 15.9 Å². The molecule has 10 heteroatoms. The number of aliphatic hydroxyl groups excluding tert-OH is 1. The van der Waals surface area contributed by atoms with Crippen LogP contribution in [0.1, 0.15) is 35.2 Å². The van der Waals surface area contributed by atoms with Gasteiger partial charge < -0.3 is 9.84 Å². The number of ketones is 1. The van der Waals surface area contributed by atoms with Crippen molar-refractivity contribution in [1.82, 2.24) is 10.2 Å². The average molecular weight is 612 g/mol. The van der Waals surface area contributed by atoms with Gasteiger partial charge in [-0.15, -0.1) is 10.2 Å². The maximum Gasteiger partial charge on any atom is 0.301 e. The maximum atomic E-state index is 14.6. The smallest absolute Gasteiger partial charge is 0.301 e. The molecule has 0 saturated carbocycles. The first-order chi connectivity index (χ1) is 20.9. The third-order valence-corrected chi connectivity index (χ3v) is 9.51. The highest BCUT2D eigenvalue weighted by Gasteiger charge is 2.48. The molecule has 1 aromatic heterocycles. The van der Waals surface area contributed by atoms with Crippen LogP contribution in [-0.4, -0.2) is 34.1 Å². The molecule has 1 aliphatic heterocycles. The molecule has 0 spiro atoms. The number of aryl methyl sites for hydroxylation is 1. The SMILES string of the molecule is CCc1ccc([C@@H]2C(=C(O)c3ccc(OC)c(F)c3)C(=O)C(=O)N2c2nnc(SCc3cccc4ccccc34)s2)cc1. The number of rotatable bonds is 8. The summed E-state index contributed by atoms with van der Waals surface area (Å²) in [6.07, 6.45) is 0.805. The quantitative estimate of drug-likeness (QED) is 0.0646. The molecule has 0 unspecified atom stereocenters. The van der Waals surface area contributed by atoms with Crippen molar-refractivity contribution in [3.8, 4) is 5.75 Å². The number of Topliss-reactive ketones (excluding diaryl/α,β-unsaturated/α-hetero) is 1. The summed E-state index contributed by atoms with van der Waals surface area (Å²) in [5.41, 5.74) is 2.71. The van der Waals surface area contributed by atoms with Crippen LogP contribution < -0.4 is 9.64 Å². The monoisotopic (exact) mass is 611 g/mol. The van der Waals surface area contributed by atoms with Crippen LogP contribution in [-0.2, 0) is 21.8 Å². The van der Waals surface area contributed by atoms with Gasteiger partial charge in [0.25, 0.3) is 5.78 Å². The van der Waals surface area contributed by atoms with E-state index in [0.29, 0.717) is 15.7 Å². The standard InChI is InChI=1S/C33H26FN3O4S2/c1-3-19-11-13-21(14-12-19)28-27(29(38)22-15-16-26(41-2)25(34)17-22)30(39)31(40)37(28)32-35-36-33(43-32)42-18-23-9-6-8-20-7-4-5-10-24(20)23/h4-17,28,38H,3,18H2,1-2H3/t28-/m1/s1. The Morgan fingerprint density at radius 3 is 2.53 bits per heavy atom. The number of amides is 1. The first-order valence-electron chi connectivity index (χ1n) is 13.6. The number of fused-ring (bicyclic) bond motifs is 1. The van der Waals surface area contributed by atoms with Crippen LogP contribution >= 0.6 is 23.1 Å². The van der Waals surface area contributed by atoms with Crippen LogP contribution in [0.15, 0.2) is 94.8 Å². The Morgan fingerprint density at radius 2 is 1.79 bits per heavy atom. The maximum absolute atomic E-state index is 14.6. The number of aromatic nitrogens is 2. The Labute approximate surface area is 255 Å². The van der Waals surface area contributed by atoms with E-state index < -0.39 is 29.3 Å². The van der Waals surface area contributed by atoms with Gasteiger partial charge in [0, 0.05) is 11.3 Å². The molecule has 1 saturated heterocycles. The van der Waals surface area contributed by atoms with E-state index in [2.05, 4.69) is 34.5 Å². The van der Waals surface area contributed by atoms with E-state index in [1.165, 1.54) is 47.2 Å². The van der Waals surface area contributed by atoms with E-state index in [-0.39, 0.29) is 22.0 Å². The molecular formula is C33H26FN3O4S2. The molecule has 5 aromatic rings. The van der Waals surface area contributed by atoms with E-state index in [9.17, 15) is 19.1 Å². The fourth-order valence-corrected chi connectivity index (χ4v) is 7.04. The highest BCUT2D eigenvalue weighted by molar-refractivity contribution is 8.00. The summed E-state index contributed by atoms with van der Waals surface area (Å²) < 4.78 is 20.2. The van der Waals surface area contributed by atoms with E-state index in [1.54, 1.807) is 0 Å². The van der Waals surface area contributed by atoms with Crippen molar-refractivity contribution < 1.29 is 23.8 Å². The molecule has 1 N–H and O–H groups in total. The molecule has 6 rings (SSSR count). The fraction of sp³-hybridized carbons (Fsp3) is 0.152. The summed E-state index contributed by atoms with van der Waals surface area (Å²) >= 11 is 2.68. The Kier molecular flexibility index (Phi) is 7.96. The first kappa shape index (κ1) is 28.6. The minimum atomic E-state index is -0.986. The second kappa shape index (κ2) is 12.0. The summed E-state index contributed by atoms with van der Waals surface area (Å²) in [5, 5.41) is 22.5.